The quantitative estimate of drug-likeness (QED) is 0.833. The fourth-order valence-corrected chi connectivity index (χ4v) is 1.84. The van der Waals surface area contributed by atoms with Crippen molar-refractivity contribution >= 4 is 5.91 Å². The van der Waals surface area contributed by atoms with E-state index in [1.54, 1.807) is 12.0 Å². The van der Waals surface area contributed by atoms with Crippen molar-refractivity contribution in [3.8, 4) is 5.75 Å². The van der Waals surface area contributed by atoms with Gasteiger partial charge in [-0.2, -0.15) is 0 Å². The SMILES string of the molecule is COc1cccc(CC(=O)N(CCO)C(C)C)c1. The van der Waals surface area contributed by atoms with Crippen LogP contribution in [0.3, 0.4) is 0 Å². The van der Waals surface area contributed by atoms with E-state index in [0.717, 1.165) is 11.3 Å². The lowest BCUT2D eigenvalue weighted by Gasteiger charge is -2.26. The maximum absolute atomic E-state index is 12.1. The normalized spacial score (nSPS) is 10.5. The van der Waals surface area contributed by atoms with E-state index in [1.165, 1.54) is 0 Å². The number of carbonyl (C=O) groups excluding carboxylic acids is 1. The zero-order chi connectivity index (χ0) is 13.5. The van der Waals surface area contributed by atoms with Crippen molar-refractivity contribution < 1.29 is 14.6 Å². The van der Waals surface area contributed by atoms with Crippen molar-refractivity contribution in [3.63, 3.8) is 0 Å². The minimum atomic E-state index is -0.0119. The third kappa shape index (κ3) is 4.04. The van der Waals surface area contributed by atoms with Gasteiger partial charge in [-0.1, -0.05) is 12.1 Å². The first kappa shape index (κ1) is 14.5. The average molecular weight is 251 g/mol. The lowest BCUT2D eigenvalue weighted by Crippen LogP contribution is -2.39. The number of nitrogens with zero attached hydrogens (tertiary/aromatic N) is 1. The van der Waals surface area contributed by atoms with Gasteiger partial charge in [0, 0.05) is 12.6 Å². The summed E-state index contributed by atoms with van der Waals surface area (Å²) >= 11 is 0. The first-order valence-electron chi connectivity index (χ1n) is 6.11. The van der Waals surface area contributed by atoms with E-state index in [2.05, 4.69) is 0 Å². The Morgan fingerprint density at radius 2 is 2.17 bits per heavy atom. The number of hydrogen-bond acceptors (Lipinski definition) is 3. The molecule has 0 saturated carbocycles. The Labute approximate surface area is 108 Å². The second kappa shape index (κ2) is 7.01. The molecule has 4 heteroatoms. The zero-order valence-electron chi connectivity index (χ0n) is 11.2. The third-order valence-corrected chi connectivity index (χ3v) is 2.77. The number of aliphatic hydroxyl groups excluding tert-OH is 1. The molecule has 0 spiro atoms. The molecule has 0 atom stereocenters. The van der Waals surface area contributed by atoms with Crippen LogP contribution in [0, 0.1) is 0 Å². The van der Waals surface area contributed by atoms with Crippen molar-refractivity contribution in [1.29, 1.82) is 0 Å². The summed E-state index contributed by atoms with van der Waals surface area (Å²) in [5.74, 6) is 0.769. The molecule has 0 saturated heterocycles. The molecule has 1 aromatic carbocycles. The molecule has 4 nitrogen and oxygen atoms in total. The number of aliphatic hydroxyl groups is 1. The van der Waals surface area contributed by atoms with E-state index in [9.17, 15) is 4.79 Å². The highest BCUT2D eigenvalue weighted by Crippen LogP contribution is 2.14. The molecule has 0 bridgehead atoms. The van der Waals surface area contributed by atoms with Crippen LogP contribution in [0.15, 0.2) is 24.3 Å². The molecule has 0 unspecified atom stereocenters. The van der Waals surface area contributed by atoms with Crippen molar-refractivity contribution in [1.82, 2.24) is 4.90 Å². The molecular formula is C14H21NO3. The first-order valence-corrected chi connectivity index (χ1v) is 6.11. The number of rotatable bonds is 6. The number of amides is 1. The van der Waals surface area contributed by atoms with Crippen LogP contribution >= 0.6 is 0 Å². The number of carbonyl (C=O) groups is 1. The summed E-state index contributed by atoms with van der Waals surface area (Å²) in [7, 11) is 1.60. The van der Waals surface area contributed by atoms with Gasteiger partial charge in [0.1, 0.15) is 5.75 Å². The summed E-state index contributed by atoms with van der Waals surface area (Å²) in [6.07, 6.45) is 0.329. The Kier molecular flexibility index (Phi) is 5.65. The predicted molar refractivity (Wildman–Crippen MR) is 70.6 cm³/mol. The molecule has 18 heavy (non-hydrogen) atoms. The summed E-state index contributed by atoms with van der Waals surface area (Å²) in [5.41, 5.74) is 0.919. The Bertz CT molecular complexity index is 390. The summed E-state index contributed by atoms with van der Waals surface area (Å²) in [5, 5.41) is 8.97. The maximum Gasteiger partial charge on any atom is 0.227 e. The standard InChI is InChI=1S/C14H21NO3/c1-11(2)15(7-8-16)14(17)10-12-5-4-6-13(9-12)18-3/h4-6,9,11,16H,7-8,10H2,1-3H3. The summed E-state index contributed by atoms with van der Waals surface area (Å²) < 4.78 is 5.13. The van der Waals surface area contributed by atoms with Gasteiger partial charge in [0.15, 0.2) is 0 Å². The highest BCUT2D eigenvalue weighted by molar-refractivity contribution is 5.79. The summed E-state index contributed by atoms with van der Waals surface area (Å²) in [6.45, 7) is 4.25. The van der Waals surface area contributed by atoms with Crippen molar-refractivity contribution in [2.45, 2.75) is 26.3 Å². The third-order valence-electron chi connectivity index (χ3n) is 2.77. The highest BCUT2D eigenvalue weighted by atomic mass is 16.5. The highest BCUT2D eigenvalue weighted by Gasteiger charge is 2.16. The van der Waals surface area contributed by atoms with Crippen LogP contribution in [0.2, 0.25) is 0 Å². The number of ether oxygens (including phenoxy) is 1. The monoisotopic (exact) mass is 251 g/mol. The molecule has 1 aromatic rings. The van der Waals surface area contributed by atoms with Crippen LogP contribution < -0.4 is 4.74 Å². The Morgan fingerprint density at radius 1 is 1.44 bits per heavy atom. The molecule has 1 amide bonds. The zero-order valence-corrected chi connectivity index (χ0v) is 11.2. The molecule has 0 aromatic heterocycles. The van der Waals surface area contributed by atoms with Gasteiger partial charge < -0.3 is 14.7 Å². The van der Waals surface area contributed by atoms with Gasteiger partial charge in [0.05, 0.1) is 20.1 Å². The van der Waals surface area contributed by atoms with E-state index < -0.39 is 0 Å². The second-order valence-electron chi connectivity index (χ2n) is 4.43. The van der Waals surface area contributed by atoms with Gasteiger partial charge in [0.2, 0.25) is 5.91 Å². The minimum Gasteiger partial charge on any atom is -0.497 e. The molecule has 0 aliphatic heterocycles. The van der Waals surface area contributed by atoms with E-state index >= 15 is 0 Å². The lowest BCUT2D eigenvalue weighted by atomic mass is 10.1. The molecule has 1 rings (SSSR count). The first-order chi connectivity index (χ1) is 8.58. The second-order valence-corrected chi connectivity index (χ2v) is 4.43. The van der Waals surface area contributed by atoms with Gasteiger partial charge in [-0.3, -0.25) is 4.79 Å². The number of methoxy groups -OCH3 is 1. The Morgan fingerprint density at radius 3 is 2.72 bits per heavy atom. The van der Waals surface area contributed by atoms with Gasteiger partial charge in [0.25, 0.3) is 0 Å². The molecule has 0 heterocycles. The van der Waals surface area contributed by atoms with Crippen LogP contribution in [-0.4, -0.2) is 42.2 Å². The number of benzene rings is 1. The van der Waals surface area contributed by atoms with Gasteiger partial charge >= 0.3 is 0 Å². The molecule has 0 aliphatic rings. The van der Waals surface area contributed by atoms with E-state index in [1.807, 2.05) is 38.1 Å². The van der Waals surface area contributed by atoms with Gasteiger partial charge in [-0.05, 0) is 31.5 Å². The smallest absolute Gasteiger partial charge is 0.227 e. The van der Waals surface area contributed by atoms with Gasteiger partial charge in [-0.15, -0.1) is 0 Å². The molecule has 0 radical (unpaired) electrons. The Hall–Kier alpha value is -1.55. The summed E-state index contributed by atoms with van der Waals surface area (Å²) in [4.78, 5) is 13.8. The molecule has 100 valence electrons. The maximum atomic E-state index is 12.1. The minimum absolute atomic E-state index is 0.0119. The van der Waals surface area contributed by atoms with Crippen LogP contribution in [0.1, 0.15) is 19.4 Å². The molecule has 1 N–H and O–H groups in total. The largest absolute Gasteiger partial charge is 0.497 e. The number of hydrogen-bond donors (Lipinski definition) is 1. The lowest BCUT2D eigenvalue weighted by molar-refractivity contribution is -0.132. The Balaban J connectivity index is 2.72. The molecular weight excluding hydrogens is 230 g/mol. The van der Waals surface area contributed by atoms with Crippen molar-refractivity contribution in [2.24, 2.45) is 0 Å². The molecule has 0 fully saturated rings. The van der Waals surface area contributed by atoms with Crippen molar-refractivity contribution in [3.05, 3.63) is 29.8 Å². The van der Waals surface area contributed by atoms with E-state index in [0.29, 0.717) is 13.0 Å². The van der Waals surface area contributed by atoms with Crippen LogP contribution in [0.5, 0.6) is 5.75 Å². The fraction of sp³-hybridized carbons (Fsp3) is 0.500. The summed E-state index contributed by atoms with van der Waals surface area (Å²) in [6, 6.07) is 7.57. The van der Waals surface area contributed by atoms with E-state index in [4.69, 9.17) is 9.84 Å². The topological polar surface area (TPSA) is 49.8 Å². The van der Waals surface area contributed by atoms with Crippen molar-refractivity contribution in [2.75, 3.05) is 20.3 Å². The van der Waals surface area contributed by atoms with Crippen LogP contribution in [0.25, 0.3) is 0 Å². The van der Waals surface area contributed by atoms with E-state index in [-0.39, 0.29) is 18.6 Å². The molecule has 0 aliphatic carbocycles. The average Bonchev–Trinajstić information content (AvgIpc) is 2.35. The van der Waals surface area contributed by atoms with Crippen LogP contribution in [-0.2, 0) is 11.2 Å². The predicted octanol–water partition coefficient (Wildman–Crippen LogP) is 1.47. The van der Waals surface area contributed by atoms with Gasteiger partial charge in [-0.25, -0.2) is 0 Å². The fourth-order valence-electron chi connectivity index (χ4n) is 1.84. The van der Waals surface area contributed by atoms with Crippen LogP contribution in [0.4, 0.5) is 0 Å².